The van der Waals surface area contributed by atoms with Crippen molar-refractivity contribution < 1.29 is 0 Å². The molecule has 1 fully saturated rings. The van der Waals surface area contributed by atoms with Crippen LogP contribution in [0.5, 0.6) is 0 Å². The van der Waals surface area contributed by atoms with E-state index in [1.54, 1.807) is 0 Å². The first kappa shape index (κ1) is 14.8. The smallest absolute Gasteiger partial charge is 0.134 e. The van der Waals surface area contributed by atoms with Gasteiger partial charge >= 0.3 is 0 Å². The van der Waals surface area contributed by atoms with Crippen LogP contribution in [0.15, 0.2) is 30.5 Å². The highest BCUT2D eigenvalue weighted by Crippen LogP contribution is 2.29. The van der Waals surface area contributed by atoms with Gasteiger partial charge in [-0.15, -0.1) is 0 Å². The van der Waals surface area contributed by atoms with E-state index in [1.807, 2.05) is 25.4 Å². The van der Waals surface area contributed by atoms with Crippen LogP contribution in [0, 0.1) is 6.92 Å². The predicted octanol–water partition coefficient (Wildman–Crippen LogP) is 3.04. The Balaban J connectivity index is 1.86. The molecule has 3 N–H and O–H groups in total. The molecule has 5 nitrogen and oxygen atoms in total. The normalized spacial score (nSPS) is 15.5. The molecule has 0 aliphatic carbocycles. The van der Waals surface area contributed by atoms with Gasteiger partial charge in [-0.2, -0.15) is 0 Å². The molecule has 1 aliphatic heterocycles. The first-order valence-electron chi connectivity index (χ1n) is 7.85. The van der Waals surface area contributed by atoms with Crippen LogP contribution in [-0.2, 0) is 0 Å². The van der Waals surface area contributed by atoms with Gasteiger partial charge in [0.05, 0.1) is 0 Å². The molecule has 0 amide bonds. The maximum Gasteiger partial charge on any atom is 0.134 e. The molecule has 0 aromatic carbocycles. The van der Waals surface area contributed by atoms with Crippen molar-refractivity contribution in [3.63, 3.8) is 0 Å². The summed E-state index contributed by atoms with van der Waals surface area (Å²) in [6.07, 6.45) is 4.16. The molecule has 2 aromatic heterocycles. The number of hydrogen-bond donors (Lipinski definition) is 3. The average molecular weight is 297 g/mol. The second-order valence-electron chi connectivity index (χ2n) is 5.79. The van der Waals surface area contributed by atoms with Gasteiger partial charge in [-0.3, -0.25) is 0 Å². The summed E-state index contributed by atoms with van der Waals surface area (Å²) in [4.78, 5) is 8.94. The molecule has 2 aromatic rings. The predicted molar refractivity (Wildman–Crippen MR) is 90.9 cm³/mol. The summed E-state index contributed by atoms with van der Waals surface area (Å²) < 4.78 is 0. The molecular weight excluding hydrogens is 274 g/mol. The van der Waals surface area contributed by atoms with Crippen molar-refractivity contribution in [1.29, 1.82) is 0 Å². The van der Waals surface area contributed by atoms with E-state index in [4.69, 9.17) is 0 Å². The van der Waals surface area contributed by atoms with E-state index in [9.17, 15) is 0 Å². The van der Waals surface area contributed by atoms with Crippen molar-refractivity contribution in [2.75, 3.05) is 30.8 Å². The molecule has 0 radical (unpaired) electrons. The maximum absolute atomic E-state index is 4.59. The Labute approximate surface area is 131 Å². The molecular formula is C17H23N5. The summed E-state index contributed by atoms with van der Waals surface area (Å²) in [5.74, 6) is 3.17. The lowest BCUT2D eigenvalue weighted by atomic mass is 9.90. The zero-order valence-corrected chi connectivity index (χ0v) is 13.2. The van der Waals surface area contributed by atoms with Crippen LogP contribution < -0.4 is 16.0 Å². The molecule has 0 atom stereocenters. The van der Waals surface area contributed by atoms with Crippen molar-refractivity contribution in [2.45, 2.75) is 25.7 Å². The molecule has 1 saturated heterocycles. The highest BCUT2D eigenvalue weighted by atomic mass is 15.1. The summed E-state index contributed by atoms with van der Waals surface area (Å²) >= 11 is 0. The van der Waals surface area contributed by atoms with Crippen LogP contribution in [0.25, 0.3) is 0 Å². The summed E-state index contributed by atoms with van der Waals surface area (Å²) in [7, 11) is 1.91. The minimum Gasteiger partial charge on any atom is -0.373 e. The fourth-order valence-corrected chi connectivity index (χ4v) is 2.87. The van der Waals surface area contributed by atoms with E-state index in [0.717, 1.165) is 30.5 Å². The summed E-state index contributed by atoms with van der Waals surface area (Å²) in [5, 5.41) is 9.89. The van der Waals surface area contributed by atoms with Gasteiger partial charge in [0.2, 0.25) is 0 Å². The number of aryl methyl sites for hydroxylation is 1. The highest BCUT2D eigenvalue weighted by Gasteiger charge is 2.17. The van der Waals surface area contributed by atoms with Crippen LogP contribution in [-0.4, -0.2) is 30.1 Å². The molecule has 0 spiro atoms. The SMILES string of the molecule is CNc1cc(C2CCNCC2)cc(Nc2cc(C)ccn2)n1. The van der Waals surface area contributed by atoms with Crippen LogP contribution in [0.4, 0.5) is 17.5 Å². The fourth-order valence-electron chi connectivity index (χ4n) is 2.87. The number of nitrogens with one attached hydrogen (secondary N) is 3. The van der Waals surface area contributed by atoms with Gasteiger partial charge in [-0.25, -0.2) is 9.97 Å². The molecule has 0 saturated carbocycles. The Morgan fingerprint density at radius 2 is 1.86 bits per heavy atom. The summed E-state index contributed by atoms with van der Waals surface area (Å²) in [6, 6.07) is 8.33. The van der Waals surface area contributed by atoms with Gasteiger partial charge in [-0.1, -0.05) is 0 Å². The Kier molecular flexibility index (Phi) is 4.53. The van der Waals surface area contributed by atoms with Crippen molar-refractivity contribution in [1.82, 2.24) is 15.3 Å². The lowest BCUT2D eigenvalue weighted by Crippen LogP contribution is -2.26. The number of anilines is 3. The Bertz CT molecular complexity index is 635. The van der Waals surface area contributed by atoms with Gasteiger partial charge in [0.15, 0.2) is 0 Å². The second kappa shape index (κ2) is 6.75. The number of rotatable bonds is 4. The number of pyridine rings is 2. The third-order valence-corrected chi connectivity index (χ3v) is 4.09. The third-order valence-electron chi connectivity index (χ3n) is 4.09. The molecule has 5 heteroatoms. The summed E-state index contributed by atoms with van der Waals surface area (Å²) in [5.41, 5.74) is 2.52. The van der Waals surface area contributed by atoms with Crippen LogP contribution in [0.3, 0.4) is 0 Å². The first-order chi connectivity index (χ1) is 10.7. The average Bonchev–Trinajstić information content (AvgIpc) is 2.55. The first-order valence-corrected chi connectivity index (χ1v) is 7.85. The Morgan fingerprint density at radius 3 is 2.59 bits per heavy atom. The van der Waals surface area contributed by atoms with Crippen molar-refractivity contribution in [3.8, 4) is 0 Å². The number of piperidine rings is 1. The second-order valence-corrected chi connectivity index (χ2v) is 5.79. The van der Waals surface area contributed by atoms with Crippen LogP contribution in [0.1, 0.15) is 29.9 Å². The molecule has 0 unspecified atom stereocenters. The van der Waals surface area contributed by atoms with E-state index in [0.29, 0.717) is 5.92 Å². The third kappa shape index (κ3) is 3.54. The number of aromatic nitrogens is 2. The van der Waals surface area contributed by atoms with E-state index in [2.05, 4.69) is 45.0 Å². The lowest BCUT2D eigenvalue weighted by molar-refractivity contribution is 0.460. The molecule has 3 rings (SSSR count). The maximum atomic E-state index is 4.59. The van der Waals surface area contributed by atoms with E-state index in [-0.39, 0.29) is 0 Å². The Hall–Kier alpha value is -2.14. The quantitative estimate of drug-likeness (QED) is 0.809. The minimum absolute atomic E-state index is 0.599. The molecule has 0 bridgehead atoms. The number of hydrogen-bond acceptors (Lipinski definition) is 5. The molecule has 22 heavy (non-hydrogen) atoms. The van der Waals surface area contributed by atoms with Gasteiger partial charge in [0.25, 0.3) is 0 Å². The zero-order valence-electron chi connectivity index (χ0n) is 13.2. The van der Waals surface area contributed by atoms with E-state index < -0.39 is 0 Å². The fraction of sp³-hybridized carbons (Fsp3) is 0.412. The van der Waals surface area contributed by atoms with Gasteiger partial charge in [-0.05, 0) is 74.2 Å². The van der Waals surface area contributed by atoms with E-state index in [1.165, 1.54) is 24.0 Å². The topological polar surface area (TPSA) is 61.9 Å². The molecule has 116 valence electrons. The zero-order chi connectivity index (χ0) is 15.4. The standard InChI is InChI=1S/C17H23N5/c1-12-3-8-20-16(9-12)22-17-11-14(10-15(18-2)21-17)13-4-6-19-7-5-13/h3,8-11,13,19H,4-7H2,1-2H3,(H2,18,20,21,22). The molecule has 1 aliphatic rings. The molecule has 3 heterocycles. The summed E-state index contributed by atoms with van der Waals surface area (Å²) in [6.45, 7) is 4.24. The van der Waals surface area contributed by atoms with Crippen LogP contribution in [0.2, 0.25) is 0 Å². The van der Waals surface area contributed by atoms with Gasteiger partial charge < -0.3 is 16.0 Å². The highest BCUT2D eigenvalue weighted by molar-refractivity contribution is 5.57. The minimum atomic E-state index is 0.599. The largest absolute Gasteiger partial charge is 0.373 e. The monoisotopic (exact) mass is 297 g/mol. The van der Waals surface area contributed by atoms with Crippen LogP contribution >= 0.6 is 0 Å². The van der Waals surface area contributed by atoms with Crippen molar-refractivity contribution >= 4 is 17.5 Å². The van der Waals surface area contributed by atoms with Crippen molar-refractivity contribution in [3.05, 3.63) is 41.6 Å². The number of nitrogens with zero attached hydrogens (tertiary/aromatic N) is 2. The van der Waals surface area contributed by atoms with Gasteiger partial charge in [0, 0.05) is 13.2 Å². The van der Waals surface area contributed by atoms with E-state index >= 15 is 0 Å². The Morgan fingerprint density at radius 1 is 1.09 bits per heavy atom. The van der Waals surface area contributed by atoms with Gasteiger partial charge in [0.1, 0.15) is 17.5 Å². The lowest BCUT2D eigenvalue weighted by Gasteiger charge is -2.24. The van der Waals surface area contributed by atoms with Crippen molar-refractivity contribution in [2.24, 2.45) is 0 Å².